The molecule has 0 fully saturated rings. The number of nitro groups is 1. The number of non-ortho nitro benzene ring substituents is 1. The van der Waals surface area contributed by atoms with Crippen LogP contribution in [-0.2, 0) is 0 Å². The third-order valence-corrected chi connectivity index (χ3v) is 3.85. The van der Waals surface area contributed by atoms with Crippen LogP contribution in [0.2, 0.25) is 0 Å². The number of hydrogen-bond donors (Lipinski definition) is 2. The lowest BCUT2D eigenvalue weighted by atomic mass is 10.2. The van der Waals surface area contributed by atoms with E-state index in [0.717, 1.165) is 4.47 Å². The van der Waals surface area contributed by atoms with E-state index in [1.54, 1.807) is 12.3 Å². The molecule has 0 saturated carbocycles. The summed E-state index contributed by atoms with van der Waals surface area (Å²) in [6, 6.07) is 6.97. The molecule has 0 aliphatic rings. The van der Waals surface area contributed by atoms with Crippen molar-refractivity contribution in [2.45, 2.75) is 0 Å². The molecule has 1 heterocycles. The van der Waals surface area contributed by atoms with Gasteiger partial charge in [0.1, 0.15) is 5.82 Å². The van der Waals surface area contributed by atoms with Crippen LogP contribution in [-0.4, -0.2) is 20.9 Å². The van der Waals surface area contributed by atoms with Gasteiger partial charge >= 0.3 is 0 Å². The van der Waals surface area contributed by atoms with Crippen molar-refractivity contribution in [1.29, 1.82) is 0 Å². The van der Waals surface area contributed by atoms with Crippen molar-refractivity contribution in [3.63, 3.8) is 0 Å². The van der Waals surface area contributed by atoms with Gasteiger partial charge in [0, 0.05) is 28.4 Å². The Hall–Kier alpha value is -1.91. The first-order chi connectivity index (χ1) is 10.9. The summed E-state index contributed by atoms with van der Waals surface area (Å²) in [4.78, 5) is 26.2. The number of pyridine rings is 1. The first-order valence-electron chi connectivity index (χ1n) is 6.04. The van der Waals surface area contributed by atoms with Gasteiger partial charge in [0.2, 0.25) is 0 Å². The van der Waals surface area contributed by atoms with Crippen molar-refractivity contribution in [3.8, 4) is 0 Å². The first-order valence-corrected chi connectivity index (χ1v) is 8.04. The number of nitrogens with zero attached hydrogens (tertiary/aromatic N) is 2. The Labute approximate surface area is 152 Å². The fraction of sp³-hybridized carbons (Fsp3) is 0. The van der Waals surface area contributed by atoms with Crippen LogP contribution >= 0.6 is 44.1 Å². The van der Waals surface area contributed by atoms with E-state index < -0.39 is 10.8 Å². The number of carbonyl (C=O) groups is 1. The topological polar surface area (TPSA) is 97.2 Å². The van der Waals surface area contributed by atoms with Gasteiger partial charge in [0.25, 0.3) is 11.6 Å². The molecule has 2 aromatic rings. The predicted octanol–water partition coefficient (Wildman–Crippen LogP) is 3.64. The van der Waals surface area contributed by atoms with E-state index in [4.69, 9.17) is 12.2 Å². The number of rotatable bonds is 3. The van der Waals surface area contributed by atoms with Crippen LogP contribution in [0.15, 0.2) is 45.5 Å². The number of benzene rings is 1. The third-order valence-electron chi connectivity index (χ3n) is 2.61. The quantitative estimate of drug-likeness (QED) is 0.413. The summed E-state index contributed by atoms with van der Waals surface area (Å²) in [5.74, 6) is -0.0344. The van der Waals surface area contributed by atoms with Gasteiger partial charge in [0.15, 0.2) is 5.11 Å². The summed E-state index contributed by atoms with van der Waals surface area (Å²) in [6.45, 7) is 0. The maximum absolute atomic E-state index is 12.0. The summed E-state index contributed by atoms with van der Waals surface area (Å²) in [7, 11) is 0. The average Bonchev–Trinajstić information content (AvgIpc) is 2.50. The number of aromatic nitrogens is 1. The van der Waals surface area contributed by atoms with Gasteiger partial charge in [-0.1, -0.05) is 0 Å². The Bertz CT molecular complexity index is 783. The van der Waals surface area contributed by atoms with Crippen LogP contribution in [0.25, 0.3) is 0 Å². The molecular weight excluding hydrogens is 452 g/mol. The highest BCUT2D eigenvalue weighted by atomic mass is 79.9. The maximum Gasteiger partial charge on any atom is 0.269 e. The largest absolute Gasteiger partial charge is 0.316 e. The van der Waals surface area contributed by atoms with Crippen molar-refractivity contribution < 1.29 is 9.72 Å². The van der Waals surface area contributed by atoms with Gasteiger partial charge in [-0.05, 0) is 62.3 Å². The van der Waals surface area contributed by atoms with Crippen molar-refractivity contribution in [2.75, 3.05) is 5.32 Å². The van der Waals surface area contributed by atoms with Crippen LogP contribution in [0.5, 0.6) is 0 Å². The highest BCUT2D eigenvalue weighted by molar-refractivity contribution is 9.11. The lowest BCUT2D eigenvalue weighted by Crippen LogP contribution is -2.34. The van der Waals surface area contributed by atoms with Gasteiger partial charge < -0.3 is 5.32 Å². The molecule has 0 atom stereocenters. The molecule has 1 amide bonds. The molecule has 0 radical (unpaired) electrons. The minimum atomic E-state index is -0.537. The van der Waals surface area contributed by atoms with Crippen LogP contribution in [0.3, 0.4) is 0 Å². The number of amides is 1. The Morgan fingerprint density at radius 2 is 1.91 bits per heavy atom. The van der Waals surface area contributed by atoms with Gasteiger partial charge in [-0.3, -0.25) is 20.2 Å². The number of thiocarbonyl (C=S) groups is 1. The molecule has 0 aliphatic carbocycles. The van der Waals surface area contributed by atoms with E-state index in [-0.39, 0.29) is 16.4 Å². The lowest BCUT2D eigenvalue weighted by Gasteiger charge is -2.10. The second-order valence-electron chi connectivity index (χ2n) is 4.20. The van der Waals surface area contributed by atoms with Crippen LogP contribution in [0, 0.1) is 10.1 Å². The standard InChI is InChI=1S/C13H8Br2N4O3S/c14-8-5-10(15)11(16-6-8)17-13(23)18-12(20)7-1-3-9(4-2-7)19(21)22/h1-6H,(H2,16,17,18,20,23). The fourth-order valence-electron chi connectivity index (χ4n) is 1.56. The van der Waals surface area contributed by atoms with E-state index >= 15 is 0 Å². The zero-order valence-electron chi connectivity index (χ0n) is 11.2. The molecule has 0 aliphatic heterocycles. The molecule has 118 valence electrons. The number of halogens is 2. The molecular formula is C13H8Br2N4O3S. The molecule has 1 aromatic heterocycles. The molecule has 0 unspecified atom stereocenters. The normalized spacial score (nSPS) is 10.0. The summed E-state index contributed by atoms with van der Waals surface area (Å²) in [6.07, 6.45) is 1.58. The van der Waals surface area contributed by atoms with Gasteiger partial charge in [-0.25, -0.2) is 4.98 Å². The number of nitrogens with one attached hydrogen (secondary N) is 2. The first kappa shape index (κ1) is 17.4. The summed E-state index contributed by atoms with van der Waals surface area (Å²) >= 11 is 11.6. The van der Waals surface area contributed by atoms with Crippen LogP contribution in [0.1, 0.15) is 10.4 Å². The van der Waals surface area contributed by atoms with E-state index in [9.17, 15) is 14.9 Å². The second kappa shape index (κ2) is 7.57. The van der Waals surface area contributed by atoms with E-state index in [0.29, 0.717) is 10.3 Å². The summed E-state index contributed by atoms with van der Waals surface area (Å²) < 4.78 is 1.45. The SMILES string of the molecule is O=C(NC(=S)Nc1ncc(Br)cc1Br)c1ccc([N+](=O)[O-])cc1. The van der Waals surface area contributed by atoms with E-state index in [1.807, 2.05) is 0 Å². The predicted molar refractivity (Wildman–Crippen MR) is 96.4 cm³/mol. The summed E-state index contributed by atoms with van der Waals surface area (Å²) in [5, 5.41) is 15.9. The monoisotopic (exact) mass is 458 g/mol. The minimum Gasteiger partial charge on any atom is -0.316 e. The molecule has 1 aromatic carbocycles. The Kier molecular flexibility index (Phi) is 5.74. The Morgan fingerprint density at radius 1 is 1.26 bits per heavy atom. The van der Waals surface area contributed by atoms with Crippen molar-refractivity contribution in [3.05, 3.63) is 61.2 Å². The highest BCUT2D eigenvalue weighted by Crippen LogP contribution is 2.23. The number of carbonyl (C=O) groups excluding carboxylic acids is 1. The molecule has 23 heavy (non-hydrogen) atoms. The second-order valence-corrected chi connectivity index (χ2v) is 6.37. The average molecular weight is 460 g/mol. The highest BCUT2D eigenvalue weighted by Gasteiger charge is 2.12. The number of hydrogen-bond acceptors (Lipinski definition) is 5. The van der Waals surface area contributed by atoms with Gasteiger partial charge in [-0.15, -0.1) is 0 Å². The van der Waals surface area contributed by atoms with Gasteiger partial charge in [-0.2, -0.15) is 0 Å². The van der Waals surface area contributed by atoms with E-state index in [2.05, 4.69) is 47.5 Å². The molecule has 0 saturated heterocycles. The zero-order valence-corrected chi connectivity index (χ0v) is 15.2. The molecule has 0 spiro atoms. The molecule has 2 rings (SSSR count). The smallest absolute Gasteiger partial charge is 0.269 e. The maximum atomic E-state index is 12.0. The van der Waals surface area contributed by atoms with Crippen LogP contribution < -0.4 is 10.6 Å². The lowest BCUT2D eigenvalue weighted by molar-refractivity contribution is -0.384. The molecule has 7 nitrogen and oxygen atoms in total. The third kappa shape index (κ3) is 4.78. The van der Waals surface area contributed by atoms with Crippen molar-refractivity contribution in [1.82, 2.24) is 10.3 Å². The summed E-state index contributed by atoms with van der Waals surface area (Å²) in [5.41, 5.74) is 0.160. The van der Waals surface area contributed by atoms with E-state index in [1.165, 1.54) is 24.3 Å². The fourth-order valence-corrected chi connectivity index (χ4v) is 2.83. The zero-order chi connectivity index (χ0) is 17.0. The molecule has 2 N–H and O–H groups in total. The molecule has 0 bridgehead atoms. The number of anilines is 1. The van der Waals surface area contributed by atoms with Crippen LogP contribution in [0.4, 0.5) is 11.5 Å². The Morgan fingerprint density at radius 3 is 2.48 bits per heavy atom. The van der Waals surface area contributed by atoms with Gasteiger partial charge in [0.05, 0.1) is 9.40 Å². The van der Waals surface area contributed by atoms with Crippen molar-refractivity contribution in [2.24, 2.45) is 0 Å². The Balaban J connectivity index is 2.01. The minimum absolute atomic E-state index is 0.0591. The van der Waals surface area contributed by atoms with Crippen molar-refractivity contribution >= 4 is 66.6 Å². The number of nitro benzene ring substituents is 1. The molecule has 10 heteroatoms.